The summed E-state index contributed by atoms with van der Waals surface area (Å²) in [4.78, 5) is 11.8. The Hall–Kier alpha value is -0.980. The van der Waals surface area contributed by atoms with Crippen LogP contribution < -0.4 is 10.1 Å². The van der Waals surface area contributed by atoms with E-state index in [1.807, 2.05) is 24.3 Å². The molecule has 3 nitrogen and oxygen atoms in total. The molecule has 2 aromatic rings. The van der Waals surface area contributed by atoms with Crippen LogP contribution in [0.15, 0.2) is 42.5 Å². The number of amides is 1. The van der Waals surface area contributed by atoms with Gasteiger partial charge in [0.05, 0.1) is 10.7 Å². The van der Waals surface area contributed by atoms with E-state index in [2.05, 4.69) is 27.9 Å². The predicted molar refractivity (Wildman–Crippen MR) is 89.7 cm³/mol. The molecule has 0 radical (unpaired) electrons. The molecule has 0 spiro atoms. The minimum atomic E-state index is -0.250. The summed E-state index contributed by atoms with van der Waals surface area (Å²) in [6.07, 6.45) is 0. The number of carbonyl (C=O) groups excluding carboxylic acids is 1. The van der Waals surface area contributed by atoms with Gasteiger partial charge in [-0.2, -0.15) is 0 Å². The first kappa shape index (κ1) is 15.4. The van der Waals surface area contributed by atoms with Crippen molar-refractivity contribution in [2.75, 3.05) is 11.9 Å². The van der Waals surface area contributed by atoms with Crippen LogP contribution in [-0.4, -0.2) is 12.5 Å². The predicted octanol–water partition coefficient (Wildman–Crippen LogP) is 4.62. The van der Waals surface area contributed by atoms with E-state index < -0.39 is 0 Å². The molecule has 2 aromatic carbocycles. The third kappa shape index (κ3) is 4.26. The largest absolute Gasteiger partial charge is 0.482 e. The fourth-order valence-electron chi connectivity index (χ4n) is 1.48. The zero-order valence-corrected chi connectivity index (χ0v) is 13.9. The molecule has 0 aliphatic carbocycles. The number of ether oxygens (including phenoxy) is 1. The van der Waals surface area contributed by atoms with Gasteiger partial charge in [-0.1, -0.05) is 35.3 Å². The van der Waals surface area contributed by atoms with Crippen LogP contribution in [0.5, 0.6) is 5.75 Å². The molecule has 20 heavy (non-hydrogen) atoms. The van der Waals surface area contributed by atoms with E-state index in [9.17, 15) is 4.79 Å². The van der Waals surface area contributed by atoms with Crippen molar-refractivity contribution in [3.63, 3.8) is 0 Å². The molecule has 1 N–H and O–H groups in total. The summed E-state index contributed by atoms with van der Waals surface area (Å²) in [7, 11) is 0. The SMILES string of the molecule is O=C(COc1ccc(Cl)cc1Cl)Nc1ccccc1I. The fourth-order valence-corrected chi connectivity index (χ4v) is 2.47. The Morgan fingerprint density at radius 1 is 1.20 bits per heavy atom. The van der Waals surface area contributed by atoms with Crippen LogP contribution in [0, 0.1) is 3.57 Å². The summed E-state index contributed by atoms with van der Waals surface area (Å²) in [5, 5.41) is 3.66. The maximum atomic E-state index is 11.8. The Kier molecular flexibility index (Phi) is 5.51. The maximum Gasteiger partial charge on any atom is 0.262 e. The van der Waals surface area contributed by atoms with Gasteiger partial charge in [-0.05, 0) is 52.9 Å². The molecule has 0 bridgehead atoms. The fraction of sp³-hybridized carbons (Fsp3) is 0.0714. The molecule has 0 aliphatic rings. The number of benzene rings is 2. The highest BCUT2D eigenvalue weighted by atomic mass is 127. The van der Waals surface area contributed by atoms with Gasteiger partial charge in [0, 0.05) is 8.59 Å². The van der Waals surface area contributed by atoms with Crippen molar-refractivity contribution in [3.05, 3.63) is 56.1 Å². The summed E-state index contributed by atoms with van der Waals surface area (Å²) in [6, 6.07) is 12.3. The number of anilines is 1. The molecule has 0 aliphatic heterocycles. The van der Waals surface area contributed by atoms with Gasteiger partial charge >= 0.3 is 0 Å². The first-order chi connectivity index (χ1) is 9.56. The average molecular weight is 422 g/mol. The topological polar surface area (TPSA) is 38.3 Å². The minimum Gasteiger partial charge on any atom is -0.482 e. The third-order valence-corrected chi connectivity index (χ3v) is 3.87. The first-order valence-electron chi connectivity index (χ1n) is 5.68. The van der Waals surface area contributed by atoms with Gasteiger partial charge in [0.25, 0.3) is 5.91 Å². The van der Waals surface area contributed by atoms with E-state index in [4.69, 9.17) is 27.9 Å². The van der Waals surface area contributed by atoms with Crippen LogP contribution in [0.1, 0.15) is 0 Å². The van der Waals surface area contributed by atoms with Crippen LogP contribution >= 0.6 is 45.8 Å². The van der Waals surface area contributed by atoms with Crippen LogP contribution in [0.3, 0.4) is 0 Å². The number of hydrogen-bond donors (Lipinski definition) is 1. The summed E-state index contributed by atoms with van der Waals surface area (Å²) in [6.45, 7) is -0.119. The molecular formula is C14H10Cl2INO2. The molecular weight excluding hydrogens is 412 g/mol. The molecule has 0 saturated carbocycles. The van der Waals surface area contributed by atoms with E-state index in [1.54, 1.807) is 18.2 Å². The number of carbonyl (C=O) groups is 1. The highest BCUT2D eigenvalue weighted by Gasteiger charge is 2.08. The Labute approximate surface area is 140 Å². The molecule has 1 amide bonds. The third-order valence-electron chi connectivity index (χ3n) is 2.40. The number of rotatable bonds is 4. The quantitative estimate of drug-likeness (QED) is 0.731. The Bertz CT molecular complexity index is 634. The minimum absolute atomic E-state index is 0.119. The van der Waals surface area contributed by atoms with Crippen molar-refractivity contribution in [2.45, 2.75) is 0 Å². The van der Waals surface area contributed by atoms with Crippen LogP contribution in [0.2, 0.25) is 10.0 Å². The molecule has 0 fully saturated rings. The molecule has 2 rings (SSSR count). The van der Waals surface area contributed by atoms with E-state index in [0.717, 1.165) is 9.26 Å². The van der Waals surface area contributed by atoms with Crippen molar-refractivity contribution in [1.29, 1.82) is 0 Å². The summed E-state index contributed by atoms with van der Waals surface area (Å²) < 4.78 is 6.32. The molecule has 0 heterocycles. The normalized spacial score (nSPS) is 10.2. The second-order valence-corrected chi connectivity index (χ2v) is 5.90. The highest BCUT2D eigenvalue weighted by molar-refractivity contribution is 14.1. The zero-order chi connectivity index (χ0) is 14.5. The van der Waals surface area contributed by atoms with Gasteiger partial charge in [-0.15, -0.1) is 0 Å². The first-order valence-corrected chi connectivity index (χ1v) is 7.52. The van der Waals surface area contributed by atoms with Crippen LogP contribution in [0.25, 0.3) is 0 Å². The smallest absolute Gasteiger partial charge is 0.262 e. The second kappa shape index (κ2) is 7.15. The van der Waals surface area contributed by atoms with Crippen molar-refractivity contribution in [3.8, 4) is 5.75 Å². The zero-order valence-electron chi connectivity index (χ0n) is 10.2. The second-order valence-electron chi connectivity index (χ2n) is 3.89. The van der Waals surface area contributed by atoms with Crippen molar-refractivity contribution in [1.82, 2.24) is 0 Å². The van der Waals surface area contributed by atoms with E-state index in [-0.39, 0.29) is 12.5 Å². The highest BCUT2D eigenvalue weighted by Crippen LogP contribution is 2.27. The van der Waals surface area contributed by atoms with Crippen molar-refractivity contribution >= 4 is 57.4 Å². The van der Waals surface area contributed by atoms with E-state index in [1.165, 1.54) is 0 Å². The number of nitrogens with one attached hydrogen (secondary N) is 1. The lowest BCUT2D eigenvalue weighted by Crippen LogP contribution is -2.20. The Balaban J connectivity index is 1.94. The average Bonchev–Trinajstić information content (AvgIpc) is 2.40. The Morgan fingerprint density at radius 3 is 2.65 bits per heavy atom. The van der Waals surface area contributed by atoms with E-state index in [0.29, 0.717) is 15.8 Å². The molecule has 0 unspecified atom stereocenters. The molecule has 0 aromatic heterocycles. The van der Waals surface area contributed by atoms with Gasteiger partial charge in [0.15, 0.2) is 6.61 Å². The molecule has 0 atom stereocenters. The van der Waals surface area contributed by atoms with E-state index >= 15 is 0 Å². The van der Waals surface area contributed by atoms with Crippen LogP contribution in [0.4, 0.5) is 5.69 Å². The molecule has 0 saturated heterocycles. The van der Waals surface area contributed by atoms with Gasteiger partial charge in [0.2, 0.25) is 0 Å². The number of para-hydroxylation sites is 1. The van der Waals surface area contributed by atoms with Crippen molar-refractivity contribution in [2.24, 2.45) is 0 Å². The number of halogens is 3. The van der Waals surface area contributed by atoms with Gasteiger partial charge < -0.3 is 10.1 Å². The standard InChI is InChI=1S/C14H10Cl2INO2/c15-9-5-6-13(10(16)7-9)20-8-14(19)18-12-4-2-1-3-11(12)17/h1-7H,8H2,(H,18,19). The van der Waals surface area contributed by atoms with Gasteiger partial charge in [0.1, 0.15) is 5.75 Å². The van der Waals surface area contributed by atoms with Crippen molar-refractivity contribution < 1.29 is 9.53 Å². The number of hydrogen-bond acceptors (Lipinski definition) is 2. The molecule has 6 heteroatoms. The summed E-state index contributed by atoms with van der Waals surface area (Å²) >= 11 is 13.9. The molecule has 104 valence electrons. The monoisotopic (exact) mass is 421 g/mol. The summed E-state index contributed by atoms with van der Waals surface area (Å²) in [5.41, 5.74) is 0.754. The van der Waals surface area contributed by atoms with Gasteiger partial charge in [-0.25, -0.2) is 0 Å². The lowest BCUT2D eigenvalue weighted by Gasteiger charge is -2.10. The lowest BCUT2D eigenvalue weighted by atomic mass is 10.3. The summed E-state index contributed by atoms with van der Waals surface area (Å²) in [5.74, 6) is 0.175. The maximum absolute atomic E-state index is 11.8. The Morgan fingerprint density at radius 2 is 1.95 bits per heavy atom. The van der Waals surface area contributed by atoms with Crippen LogP contribution in [-0.2, 0) is 4.79 Å². The lowest BCUT2D eigenvalue weighted by molar-refractivity contribution is -0.118. The van der Waals surface area contributed by atoms with Gasteiger partial charge in [-0.3, -0.25) is 4.79 Å².